The molecular weight excluding hydrogens is 334 g/mol. The van der Waals surface area contributed by atoms with Gasteiger partial charge >= 0.3 is 5.97 Å². The van der Waals surface area contributed by atoms with Crippen LogP contribution in [-0.2, 0) is 4.74 Å². The molecule has 1 heterocycles. The van der Waals surface area contributed by atoms with E-state index in [0.717, 1.165) is 13.0 Å². The standard InChI is InChI=1S/C18H23N5O3/c1-23(2)12-6-10-19-16(24)15-9-11-20-18(22-15)21-14-8-5-4-7-13(14)17(25)26-3/h4-5,7-9,11H,6,10,12H2,1-3H3,(H,19,24)(H,20,21,22). The van der Waals surface area contributed by atoms with Crippen LogP contribution in [0.25, 0.3) is 0 Å². The molecule has 8 nitrogen and oxygen atoms in total. The monoisotopic (exact) mass is 357 g/mol. The van der Waals surface area contributed by atoms with Crippen LogP contribution in [0.3, 0.4) is 0 Å². The van der Waals surface area contributed by atoms with Crippen molar-refractivity contribution < 1.29 is 14.3 Å². The third kappa shape index (κ3) is 5.52. The van der Waals surface area contributed by atoms with Crippen molar-refractivity contribution in [2.75, 3.05) is 39.6 Å². The number of hydrogen-bond donors (Lipinski definition) is 2. The molecule has 2 rings (SSSR count). The van der Waals surface area contributed by atoms with Crippen molar-refractivity contribution in [3.63, 3.8) is 0 Å². The molecule has 0 bridgehead atoms. The summed E-state index contributed by atoms with van der Waals surface area (Å²) >= 11 is 0. The van der Waals surface area contributed by atoms with Crippen molar-refractivity contribution in [2.24, 2.45) is 0 Å². The van der Waals surface area contributed by atoms with E-state index in [1.54, 1.807) is 30.3 Å². The fourth-order valence-electron chi connectivity index (χ4n) is 2.23. The molecule has 0 saturated heterocycles. The molecule has 8 heteroatoms. The zero-order valence-electron chi connectivity index (χ0n) is 15.2. The number of amides is 1. The van der Waals surface area contributed by atoms with Crippen LogP contribution in [0.15, 0.2) is 36.5 Å². The van der Waals surface area contributed by atoms with Gasteiger partial charge in [0.05, 0.1) is 18.4 Å². The van der Waals surface area contributed by atoms with Gasteiger partial charge in [0.15, 0.2) is 0 Å². The summed E-state index contributed by atoms with van der Waals surface area (Å²) in [6.45, 7) is 1.45. The van der Waals surface area contributed by atoms with E-state index in [1.165, 1.54) is 13.3 Å². The quantitative estimate of drug-likeness (QED) is 0.548. The van der Waals surface area contributed by atoms with Crippen LogP contribution in [0.5, 0.6) is 0 Å². The number of benzene rings is 1. The second-order valence-electron chi connectivity index (χ2n) is 5.84. The molecule has 0 saturated carbocycles. The Balaban J connectivity index is 2.06. The third-order valence-corrected chi connectivity index (χ3v) is 3.53. The fourth-order valence-corrected chi connectivity index (χ4v) is 2.23. The lowest BCUT2D eigenvalue weighted by atomic mass is 10.2. The van der Waals surface area contributed by atoms with Gasteiger partial charge in [-0.15, -0.1) is 0 Å². The van der Waals surface area contributed by atoms with Crippen LogP contribution >= 0.6 is 0 Å². The average molecular weight is 357 g/mol. The number of rotatable bonds is 8. The molecule has 0 spiro atoms. The molecule has 2 N–H and O–H groups in total. The predicted molar refractivity (Wildman–Crippen MR) is 98.6 cm³/mol. The summed E-state index contributed by atoms with van der Waals surface area (Å²) in [4.78, 5) is 34.4. The minimum atomic E-state index is -0.470. The molecule has 0 aliphatic rings. The van der Waals surface area contributed by atoms with Gasteiger partial charge in [-0.1, -0.05) is 12.1 Å². The fraction of sp³-hybridized carbons (Fsp3) is 0.333. The number of ether oxygens (including phenoxy) is 1. The second-order valence-corrected chi connectivity index (χ2v) is 5.84. The SMILES string of the molecule is COC(=O)c1ccccc1Nc1nccc(C(=O)NCCCN(C)C)n1. The topological polar surface area (TPSA) is 96.4 Å². The van der Waals surface area contributed by atoms with Gasteiger partial charge in [-0.3, -0.25) is 4.79 Å². The van der Waals surface area contributed by atoms with E-state index < -0.39 is 5.97 Å². The van der Waals surface area contributed by atoms with Crippen molar-refractivity contribution in [3.8, 4) is 0 Å². The Morgan fingerprint density at radius 2 is 1.96 bits per heavy atom. The molecule has 0 radical (unpaired) electrons. The van der Waals surface area contributed by atoms with E-state index in [4.69, 9.17) is 4.74 Å². The zero-order valence-corrected chi connectivity index (χ0v) is 15.2. The molecule has 0 aliphatic carbocycles. The number of nitrogens with zero attached hydrogens (tertiary/aromatic N) is 3. The van der Waals surface area contributed by atoms with Crippen molar-refractivity contribution in [1.29, 1.82) is 0 Å². The van der Waals surface area contributed by atoms with Crippen molar-refractivity contribution in [3.05, 3.63) is 47.8 Å². The van der Waals surface area contributed by atoms with Crippen LogP contribution < -0.4 is 10.6 Å². The Labute approximate surface area is 152 Å². The third-order valence-electron chi connectivity index (χ3n) is 3.53. The van der Waals surface area contributed by atoms with Crippen LogP contribution in [0, 0.1) is 0 Å². The number of carbonyl (C=O) groups is 2. The van der Waals surface area contributed by atoms with Gasteiger partial charge in [0.2, 0.25) is 5.95 Å². The molecule has 138 valence electrons. The van der Waals surface area contributed by atoms with Crippen LogP contribution in [0.2, 0.25) is 0 Å². The van der Waals surface area contributed by atoms with Crippen LogP contribution in [0.4, 0.5) is 11.6 Å². The highest BCUT2D eigenvalue weighted by Gasteiger charge is 2.13. The molecule has 0 atom stereocenters. The lowest BCUT2D eigenvalue weighted by Crippen LogP contribution is -2.28. The number of para-hydroxylation sites is 1. The summed E-state index contributed by atoms with van der Waals surface area (Å²) in [7, 11) is 5.28. The number of esters is 1. The highest BCUT2D eigenvalue weighted by molar-refractivity contribution is 5.96. The molecule has 2 aromatic rings. The molecule has 0 unspecified atom stereocenters. The van der Waals surface area contributed by atoms with E-state index >= 15 is 0 Å². The van der Waals surface area contributed by atoms with Crippen molar-refractivity contribution in [2.45, 2.75) is 6.42 Å². The van der Waals surface area contributed by atoms with Crippen LogP contribution in [0.1, 0.15) is 27.3 Å². The Hall–Kier alpha value is -3.00. The molecular formula is C18H23N5O3. The maximum absolute atomic E-state index is 12.2. The summed E-state index contributed by atoms with van der Waals surface area (Å²) in [5.74, 6) is -0.513. The van der Waals surface area contributed by atoms with Crippen molar-refractivity contribution >= 4 is 23.5 Å². The normalized spacial score (nSPS) is 10.5. The van der Waals surface area contributed by atoms with Gasteiger partial charge < -0.3 is 20.3 Å². The Morgan fingerprint density at radius 1 is 1.19 bits per heavy atom. The lowest BCUT2D eigenvalue weighted by molar-refractivity contribution is 0.0601. The first kappa shape index (κ1) is 19.3. The molecule has 1 aromatic heterocycles. The first-order chi connectivity index (χ1) is 12.5. The van der Waals surface area contributed by atoms with E-state index in [1.807, 2.05) is 14.1 Å². The Morgan fingerprint density at radius 3 is 2.69 bits per heavy atom. The minimum Gasteiger partial charge on any atom is -0.465 e. The summed E-state index contributed by atoms with van der Waals surface area (Å²) in [5.41, 5.74) is 1.11. The van der Waals surface area contributed by atoms with Gasteiger partial charge in [-0.05, 0) is 45.3 Å². The van der Waals surface area contributed by atoms with Crippen LogP contribution in [-0.4, -0.2) is 61.0 Å². The average Bonchev–Trinajstić information content (AvgIpc) is 2.65. The first-order valence-corrected chi connectivity index (χ1v) is 8.21. The predicted octanol–water partition coefficient (Wildman–Crippen LogP) is 1.69. The number of hydrogen-bond acceptors (Lipinski definition) is 7. The maximum atomic E-state index is 12.2. The summed E-state index contributed by atoms with van der Waals surface area (Å²) < 4.78 is 4.76. The first-order valence-electron chi connectivity index (χ1n) is 8.21. The highest BCUT2D eigenvalue weighted by Crippen LogP contribution is 2.19. The van der Waals surface area contributed by atoms with Gasteiger partial charge in [-0.2, -0.15) is 0 Å². The second kappa shape index (κ2) is 9.47. The van der Waals surface area contributed by atoms with Gasteiger partial charge in [0, 0.05) is 12.7 Å². The molecule has 0 aliphatic heterocycles. The lowest BCUT2D eigenvalue weighted by Gasteiger charge is -2.11. The summed E-state index contributed by atoms with van der Waals surface area (Å²) in [6, 6.07) is 8.39. The molecule has 1 aromatic carbocycles. The minimum absolute atomic E-state index is 0.224. The van der Waals surface area contributed by atoms with E-state index in [0.29, 0.717) is 17.8 Å². The van der Waals surface area contributed by atoms with E-state index in [2.05, 4.69) is 25.5 Å². The maximum Gasteiger partial charge on any atom is 0.339 e. The zero-order chi connectivity index (χ0) is 18.9. The van der Waals surface area contributed by atoms with E-state index in [9.17, 15) is 9.59 Å². The molecule has 0 fully saturated rings. The number of carbonyl (C=O) groups excluding carboxylic acids is 2. The molecule has 1 amide bonds. The van der Waals surface area contributed by atoms with Crippen molar-refractivity contribution in [1.82, 2.24) is 20.2 Å². The smallest absolute Gasteiger partial charge is 0.339 e. The Bertz CT molecular complexity index is 764. The highest BCUT2D eigenvalue weighted by atomic mass is 16.5. The van der Waals surface area contributed by atoms with Gasteiger partial charge in [0.1, 0.15) is 5.69 Å². The summed E-state index contributed by atoms with van der Waals surface area (Å²) in [6.07, 6.45) is 2.34. The Kier molecular flexibility index (Phi) is 7.04. The number of nitrogens with one attached hydrogen (secondary N) is 2. The summed E-state index contributed by atoms with van der Waals surface area (Å²) in [5, 5.41) is 5.78. The van der Waals surface area contributed by atoms with E-state index in [-0.39, 0.29) is 17.5 Å². The molecule has 26 heavy (non-hydrogen) atoms. The largest absolute Gasteiger partial charge is 0.465 e. The van der Waals surface area contributed by atoms with Gasteiger partial charge in [0.25, 0.3) is 5.91 Å². The number of anilines is 2. The van der Waals surface area contributed by atoms with Gasteiger partial charge in [-0.25, -0.2) is 14.8 Å². The number of aromatic nitrogens is 2. The number of methoxy groups -OCH3 is 1.